The van der Waals surface area contributed by atoms with Crippen LogP contribution in [0.5, 0.6) is 0 Å². The molecule has 0 saturated carbocycles. The number of aliphatic hydroxyl groups excluding tert-OH is 1. The summed E-state index contributed by atoms with van der Waals surface area (Å²) in [6, 6.07) is 17.0. The van der Waals surface area contributed by atoms with Crippen LogP contribution < -0.4 is 0 Å². The minimum absolute atomic E-state index is 0.0990. The van der Waals surface area contributed by atoms with Crippen molar-refractivity contribution in [2.75, 3.05) is 20.0 Å². The van der Waals surface area contributed by atoms with Crippen LogP contribution in [0.1, 0.15) is 20.7 Å². The Balaban J connectivity index is 1.49. The molecule has 27 heavy (non-hydrogen) atoms. The number of esters is 2. The van der Waals surface area contributed by atoms with Crippen LogP contribution in [0.25, 0.3) is 0 Å². The first kappa shape index (κ1) is 19.0. The molecule has 0 aliphatic carbocycles. The van der Waals surface area contributed by atoms with E-state index in [2.05, 4.69) is 0 Å². The standard InChI is InChI=1S/C20H20O7/c21-18-16(11-24-19(22)14-7-3-1-4-8-14)26-13-27-17(18)12-25-20(23)15-9-5-2-6-10-15/h1-10,16-18,21H,11-13H2/t16-,17+,18?. The molecule has 0 bridgehead atoms. The zero-order chi connectivity index (χ0) is 19.1. The average Bonchev–Trinajstić information content (AvgIpc) is 2.73. The molecule has 7 nitrogen and oxygen atoms in total. The number of hydrogen-bond donors (Lipinski definition) is 1. The van der Waals surface area contributed by atoms with Crippen molar-refractivity contribution >= 4 is 11.9 Å². The first-order valence-corrected chi connectivity index (χ1v) is 8.51. The smallest absolute Gasteiger partial charge is 0.338 e. The Morgan fingerprint density at radius 2 is 1.22 bits per heavy atom. The summed E-state index contributed by atoms with van der Waals surface area (Å²) in [5.74, 6) is -1.02. The van der Waals surface area contributed by atoms with Crippen LogP contribution in [-0.4, -0.2) is 55.4 Å². The molecule has 1 aliphatic heterocycles. The molecule has 0 amide bonds. The maximum Gasteiger partial charge on any atom is 0.338 e. The molecule has 3 atom stereocenters. The number of rotatable bonds is 6. The molecule has 7 heteroatoms. The highest BCUT2D eigenvalue weighted by molar-refractivity contribution is 5.89. The lowest BCUT2D eigenvalue weighted by Crippen LogP contribution is -2.50. The van der Waals surface area contributed by atoms with E-state index in [1.54, 1.807) is 60.7 Å². The second kappa shape index (κ2) is 9.27. The van der Waals surface area contributed by atoms with Gasteiger partial charge in [-0.2, -0.15) is 0 Å². The van der Waals surface area contributed by atoms with Gasteiger partial charge >= 0.3 is 11.9 Å². The molecular formula is C20H20O7. The van der Waals surface area contributed by atoms with E-state index in [-0.39, 0.29) is 20.0 Å². The van der Waals surface area contributed by atoms with E-state index < -0.39 is 30.3 Å². The molecule has 2 aromatic rings. The Morgan fingerprint density at radius 1 is 0.815 bits per heavy atom. The van der Waals surface area contributed by atoms with Crippen LogP contribution in [0.2, 0.25) is 0 Å². The molecular weight excluding hydrogens is 352 g/mol. The summed E-state index contributed by atoms with van der Waals surface area (Å²) < 4.78 is 21.0. The molecule has 2 aromatic carbocycles. The van der Waals surface area contributed by atoms with Crippen molar-refractivity contribution in [1.82, 2.24) is 0 Å². The third kappa shape index (κ3) is 5.13. The van der Waals surface area contributed by atoms with Gasteiger partial charge in [-0.25, -0.2) is 9.59 Å². The molecule has 3 rings (SSSR count). The average molecular weight is 372 g/mol. The van der Waals surface area contributed by atoms with Crippen molar-refractivity contribution in [3.05, 3.63) is 71.8 Å². The van der Waals surface area contributed by atoms with E-state index >= 15 is 0 Å². The van der Waals surface area contributed by atoms with Crippen LogP contribution in [0.3, 0.4) is 0 Å². The summed E-state index contributed by atoms with van der Waals surface area (Å²) in [5, 5.41) is 10.4. The zero-order valence-electron chi connectivity index (χ0n) is 14.5. The number of benzene rings is 2. The summed E-state index contributed by atoms with van der Waals surface area (Å²) in [7, 11) is 0. The molecule has 1 aliphatic rings. The van der Waals surface area contributed by atoms with Crippen LogP contribution in [0.4, 0.5) is 0 Å². The molecule has 1 heterocycles. The minimum Gasteiger partial charge on any atom is -0.459 e. The molecule has 1 fully saturated rings. The van der Waals surface area contributed by atoms with Gasteiger partial charge in [-0.1, -0.05) is 36.4 Å². The van der Waals surface area contributed by atoms with Crippen molar-refractivity contribution in [3.8, 4) is 0 Å². The second-order valence-corrected chi connectivity index (χ2v) is 5.95. The third-order valence-corrected chi connectivity index (χ3v) is 4.10. The topological polar surface area (TPSA) is 91.3 Å². The lowest BCUT2D eigenvalue weighted by molar-refractivity contribution is -0.243. The summed E-state index contributed by atoms with van der Waals surface area (Å²) in [5.41, 5.74) is 0.819. The predicted molar refractivity (Wildman–Crippen MR) is 94.1 cm³/mol. The Kier molecular flexibility index (Phi) is 6.54. The second-order valence-electron chi connectivity index (χ2n) is 5.95. The highest BCUT2D eigenvalue weighted by Gasteiger charge is 2.35. The van der Waals surface area contributed by atoms with Gasteiger partial charge in [0.25, 0.3) is 0 Å². The first-order chi connectivity index (χ1) is 13.1. The fourth-order valence-corrected chi connectivity index (χ4v) is 2.57. The zero-order valence-corrected chi connectivity index (χ0v) is 14.5. The number of aliphatic hydroxyl groups is 1. The fraction of sp³-hybridized carbons (Fsp3) is 0.300. The van der Waals surface area contributed by atoms with Gasteiger partial charge in [0.05, 0.1) is 11.1 Å². The van der Waals surface area contributed by atoms with Gasteiger partial charge in [0.2, 0.25) is 0 Å². The Hall–Kier alpha value is -2.74. The van der Waals surface area contributed by atoms with E-state index in [0.717, 1.165) is 0 Å². The summed E-state index contributed by atoms with van der Waals surface area (Å²) in [6.07, 6.45) is -2.65. The maximum absolute atomic E-state index is 12.0. The van der Waals surface area contributed by atoms with Crippen molar-refractivity contribution in [1.29, 1.82) is 0 Å². The highest BCUT2D eigenvalue weighted by atomic mass is 16.7. The molecule has 1 unspecified atom stereocenters. The monoisotopic (exact) mass is 372 g/mol. The van der Waals surface area contributed by atoms with Crippen molar-refractivity contribution in [2.24, 2.45) is 0 Å². The summed E-state index contributed by atoms with van der Waals surface area (Å²) in [6.45, 7) is -0.374. The normalized spacial score (nSPS) is 22.0. The lowest BCUT2D eigenvalue weighted by atomic mass is 10.1. The van der Waals surface area contributed by atoms with Gasteiger partial charge in [0.15, 0.2) is 0 Å². The van der Waals surface area contributed by atoms with Crippen molar-refractivity contribution < 1.29 is 33.6 Å². The first-order valence-electron chi connectivity index (χ1n) is 8.51. The van der Waals surface area contributed by atoms with Gasteiger partial charge in [-0.05, 0) is 24.3 Å². The SMILES string of the molecule is O=C(OC[C@@H]1OCO[C@H](COC(=O)c2ccccc2)C1O)c1ccccc1. The van der Waals surface area contributed by atoms with Gasteiger partial charge in [0, 0.05) is 0 Å². The van der Waals surface area contributed by atoms with Gasteiger partial charge in [0.1, 0.15) is 38.3 Å². The Bertz CT molecular complexity index is 684. The Labute approximate surface area is 156 Å². The van der Waals surface area contributed by atoms with Gasteiger partial charge < -0.3 is 24.1 Å². The molecule has 0 aromatic heterocycles. The molecule has 142 valence electrons. The third-order valence-electron chi connectivity index (χ3n) is 4.10. The summed E-state index contributed by atoms with van der Waals surface area (Å²) >= 11 is 0. The van der Waals surface area contributed by atoms with E-state index in [9.17, 15) is 14.7 Å². The number of hydrogen-bond acceptors (Lipinski definition) is 7. The fourth-order valence-electron chi connectivity index (χ4n) is 2.57. The molecule has 1 saturated heterocycles. The van der Waals surface area contributed by atoms with E-state index in [4.69, 9.17) is 18.9 Å². The maximum atomic E-state index is 12.0. The highest BCUT2D eigenvalue weighted by Crippen LogP contribution is 2.17. The van der Waals surface area contributed by atoms with Crippen molar-refractivity contribution in [2.45, 2.75) is 18.3 Å². The lowest BCUT2D eigenvalue weighted by Gasteiger charge is -2.34. The number of ether oxygens (including phenoxy) is 4. The Morgan fingerprint density at radius 3 is 1.63 bits per heavy atom. The molecule has 0 spiro atoms. The van der Waals surface area contributed by atoms with E-state index in [1.807, 2.05) is 0 Å². The van der Waals surface area contributed by atoms with E-state index in [1.165, 1.54) is 0 Å². The molecule has 0 radical (unpaired) electrons. The van der Waals surface area contributed by atoms with Crippen LogP contribution >= 0.6 is 0 Å². The van der Waals surface area contributed by atoms with E-state index in [0.29, 0.717) is 11.1 Å². The minimum atomic E-state index is -1.11. The number of carbonyl (C=O) groups is 2. The number of carbonyl (C=O) groups excluding carboxylic acids is 2. The van der Waals surface area contributed by atoms with Crippen molar-refractivity contribution in [3.63, 3.8) is 0 Å². The van der Waals surface area contributed by atoms with Gasteiger partial charge in [-0.3, -0.25) is 0 Å². The van der Waals surface area contributed by atoms with Crippen LogP contribution in [-0.2, 0) is 18.9 Å². The molecule has 1 N–H and O–H groups in total. The quantitative estimate of drug-likeness (QED) is 0.773. The van der Waals surface area contributed by atoms with Gasteiger partial charge in [-0.15, -0.1) is 0 Å². The largest absolute Gasteiger partial charge is 0.459 e. The van der Waals surface area contributed by atoms with Crippen LogP contribution in [0, 0.1) is 0 Å². The predicted octanol–water partition coefficient (Wildman–Crippen LogP) is 1.80. The van der Waals surface area contributed by atoms with Crippen LogP contribution in [0.15, 0.2) is 60.7 Å². The summed E-state index contributed by atoms with van der Waals surface area (Å²) in [4.78, 5) is 24.0.